The summed E-state index contributed by atoms with van der Waals surface area (Å²) in [4.78, 5) is 16.6. The maximum Gasteiger partial charge on any atom is 0.174 e. The van der Waals surface area contributed by atoms with Crippen LogP contribution in [-0.2, 0) is 54.4 Å². The van der Waals surface area contributed by atoms with Crippen molar-refractivity contribution in [3.05, 3.63) is 380 Å². The van der Waals surface area contributed by atoms with E-state index in [4.69, 9.17) is 0 Å². The minimum atomic E-state index is -0.164. The second-order valence-electron chi connectivity index (χ2n) is 27.6. The highest BCUT2D eigenvalue weighted by atomic mass is 32.2. The maximum atomic E-state index is 2.49. The predicted molar refractivity (Wildman–Crippen MR) is 423 cm³/mol. The number of benzene rings is 13. The SMILES string of the molecule is CC(C)(C)c1ccc([S+](C2=CCC(C(C)(C)C)C=C2)c2ccc(C(C)(C)C)cc2)cc1.Cc1ccc([S+](c2ccccc2)c2ccccc2)cc1.c1ccc([S+](c2cccc3ccccc23)c2cccc3ccccc23)cc1.c1ccc([S+](c2ccccc2)c2ccccc2)cc1. The van der Waals surface area contributed by atoms with Crippen LogP contribution in [-0.4, -0.2) is 0 Å². The Balaban J connectivity index is 0.000000134. The van der Waals surface area contributed by atoms with Gasteiger partial charge >= 0.3 is 0 Å². The highest BCUT2D eigenvalue weighted by molar-refractivity contribution is 8.01. The summed E-state index contributed by atoms with van der Waals surface area (Å²) in [5, 5.41) is 5.26. The number of allylic oxidation sites excluding steroid dienone is 3. The summed E-state index contributed by atoms with van der Waals surface area (Å²) in [5.74, 6) is 0.605. The van der Waals surface area contributed by atoms with Gasteiger partial charge in [-0.1, -0.05) is 280 Å². The van der Waals surface area contributed by atoms with E-state index in [9.17, 15) is 0 Å². The molecule has 484 valence electrons. The molecule has 0 heterocycles. The molecule has 0 nitrogen and oxygen atoms in total. The van der Waals surface area contributed by atoms with E-state index in [1.807, 2.05) is 0 Å². The fourth-order valence-corrected chi connectivity index (χ4v) is 20.6. The summed E-state index contributed by atoms with van der Waals surface area (Å²) >= 11 is 0. The molecule has 1 aliphatic rings. The quantitative estimate of drug-likeness (QED) is 0.107. The van der Waals surface area contributed by atoms with Gasteiger partial charge in [-0.05, 0) is 203 Å². The van der Waals surface area contributed by atoms with E-state index in [2.05, 4.69) is 427 Å². The Morgan fingerprint density at radius 3 is 0.856 bits per heavy atom. The van der Waals surface area contributed by atoms with Crippen molar-refractivity contribution in [2.75, 3.05) is 0 Å². The first-order valence-corrected chi connectivity index (χ1v) is 38.8. The van der Waals surface area contributed by atoms with Crippen LogP contribution in [0.15, 0.2) is 417 Å². The van der Waals surface area contributed by atoms with Crippen LogP contribution in [0.25, 0.3) is 21.5 Å². The zero-order valence-corrected chi connectivity index (χ0v) is 61.2. The van der Waals surface area contributed by atoms with E-state index in [-0.39, 0.29) is 54.4 Å². The van der Waals surface area contributed by atoms with Crippen molar-refractivity contribution in [3.8, 4) is 0 Å². The lowest BCUT2D eigenvalue weighted by atomic mass is 9.77. The Hall–Kier alpha value is -8.74. The van der Waals surface area contributed by atoms with Gasteiger partial charge in [-0.3, -0.25) is 0 Å². The minimum Gasteiger partial charge on any atom is -0.0756 e. The molecule has 4 heteroatoms. The second kappa shape index (κ2) is 32.5. The van der Waals surface area contributed by atoms with Crippen LogP contribution in [0.3, 0.4) is 0 Å². The normalized spacial score (nSPS) is 13.1. The van der Waals surface area contributed by atoms with Crippen molar-refractivity contribution in [3.63, 3.8) is 0 Å². The van der Waals surface area contributed by atoms with E-state index < -0.39 is 0 Å². The molecule has 97 heavy (non-hydrogen) atoms. The summed E-state index contributed by atoms with van der Waals surface area (Å²) < 4.78 is 0. The van der Waals surface area contributed by atoms with Crippen LogP contribution in [0.1, 0.15) is 85.4 Å². The lowest BCUT2D eigenvalue weighted by Gasteiger charge is -2.29. The first kappa shape index (κ1) is 69.6. The molecule has 0 saturated carbocycles. The molecular formula is C93H92S4+4. The first-order chi connectivity index (χ1) is 47.0. The average Bonchev–Trinajstić information content (AvgIpc) is 0.795. The Labute approximate surface area is 591 Å². The number of aryl methyl sites for hydroxylation is 1. The zero-order chi connectivity index (χ0) is 67.8. The van der Waals surface area contributed by atoms with Crippen LogP contribution in [0.4, 0.5) is 0 Å². The molecule has 13 aromatic carbocycles. The van der Waals surface area contributed by atoms with Gasteiger partial charge in [0.15, 0.2) is 58.8 Å². The maximum absolute atomic E-state index is 2.49. The highest BCUT2D eigenvalue weighted by Gasteiger charge is 2.36. The van der Waals surface area contributed by atoms with Crippen LogP contribution >= 0.6 is 0 Å². The average molecular weight is 1340 g/mol. The van der Waals surface area contributed by atoms with Crippen LogP contribution in [0, 0.1) is 18.3 Å². The zero-order valence-electron chi connectivity index (χ0n) is 58.0. The molecule has 0 radical (unpaired) electrons. The van der Waals surface area contributed by atoms with Crippen molar-refractivity contribution in [2.45, 2.75) is 140 Å². The molecule has 1 aliphatic carbocycles. The second-order valence-corrected chi connectivity index (χ2v) is 35.6. The highest BCUT2D eigenvalue weighted by Crippen LogP contribution is 2.42. The summed E-state index contributed by atoms with van der Waals surface area (Å²) in [6.07, 6.45) is 8.47. The molecule has 1 unspecified atom stereocenters. The predicted octanol–water partition coefficient (Wildman–Crippen LogP) is 25.8. The van der Waals surface area contributed by atoms with E-state index in [1.165, 1.54) is 97.0 Å². The molecule has 1 atom stereocenters. The standard InChI is InChI=1S/C30H41S.C26H19S.C19H17S.C18H15S/c1-28(2,3)22-10-16-25(17-11-22)31(26-18-12-23(13-19-26)29(4,5)6)27-20-14-24(15-21-27)30(7,8)9;1-2-14-22(15-3-1)27(25-18-8-12-20-10-4-6-16-23(20)25)26-19-9-13-21-11-5-7-17-24(21)26;1-16-12-14-19(15-13-16)20(17-8-4-2-5-9-17)18-10-6-3-7-11-18;1-4-10-16(11-5-1)19(17-12-6-2-7-13-17)18-14-8-3-9-15-18/h10-14,16-21,24H,15H2,1-9H3;1-19H;2-15H,1H3;1-15H/q4*+1. The molecule has 0 amide bonds. The Morgan fingerprint density at radius 2 is 0.546 bits per heavy atom. The van der Waals surface area contributed by atoms with Gasteiger partial charge in [-0.25, -0.2) is 0 Å². The number of hydrogen-bond acceptors (Lipinski definition) is 0. The Kier molecular flexibility index (Phi) is 23.3. The third kappa shape index (κ3) is 18.1. The molecule has 0 saturated heterocycles. The van der Waals surface area contributed by atoms with E-state index in [0.717, 1.165) is 6.42 Å². The van der Waals surface area contributed by atoms with Crippen LogP contribution < -0.4 is 0 Å². The van der Waals surface area contributed by atoms with Gasteiger partial charge in [0.25, 0.3) is 0 Å². The van der Waals surface area contributed by atoms with Crippen LogP contribution in [0.2, 0.25) is 0 Å². The smallest absolute Gasteiger partial charge is 0.0756 e. The molecule has 0 aromatic heterocycles. The monoisotopic (exact) mass is 1340 g/mol. The fourth-order valence-electron chi connectivity index (χ4n) is 11.9. The molecule has 0 bridgehead atoms. The molecule has 0 aliphatic heterocycles. The topological polar surface area (TPSA) is 0 Å². The lowest BCUT2D eigenvalue weighted by Crippen LogP contribution is -2.20. The first-order valence-electron chi connectivity index (χ1n) is 33.9. The Bertz CT molecular complexity index is 4340. The largest absolute Gasteiger partial charge is 0.174 e. The van der Waals surface area contributed by atoms with Crippen molar-refractivity contribution >= 4 is 65.1 Å². The summed E-state index contributed by atoms with van der Waals surface area (Å²) in [5.41, 5.74) is 4.75. The van der Waals surface area contributed by atoms with Gasteiger partial charge in [0.1, 0.15) is 10.9 Å². The van der Waals surface area contributed by atoms with Crippen molar-refractivity contribution < 1.29 is 0 Å². The molecular weight excluding hydrogens is 1250 g/mol. The lowest BCUT2D eigenvalue weighted by molar-refractivity contribution is 0.293. The molecule has 13 aromatic rings. The van der Waals surface area contributed by atoms with Gasteiger partial charge < -0.3 is 0 Å². The third-order valence-electron chi connectivity index (χ3n) is 17.4. The van der Waals surface area contributed by atoms with Crippen molar-refractivity contribution in [1.82, 2.24) is 0 Å². The summed E-state index contributed by atoms with van der Waals surface area (Å²) in [7, 11) is -0.277. The molecule has 0 fully saturated rings. The van der Waals surface area contributed by atoms with Gasteiger partial charge in [0, 0.05) is 10.8 Å². The summed E-state index contributed by atoms with van der Waals surface area (Å²) in [6, 6.07) is 123. The Morgan fingerprint density at radius 1 is 0.268 bits per heavy atom. The van der Waals surface area contributed by atoms with E-state index >= 15 is 0 Å². The van der Waals surface area contributed by atoms with Crippen molar-refractivity contribution in [2.24, 2.45) is 11.3 Å². The van der Waals surface area contributed by atoms with Gasteiger partial charge in [-0.15, -0.1) is 0 Å². The number of rotatable bonds is 12. The van der Waals surface area contributed by atoms with Gasteiger partial charge in [0.05, 0.1) is 32.7 Å². The third-order valence-corrected chi connectivity index (χ3v) is 26.5. The van der Waals surface area contributed by atoms with Gasteiger partial charge in [-0.2, -0.15) is 0 Å². The van der Waals surface area contributed by atoms with Crippen LogP contribution in [0.5, 0.6) is 0 Å². The molecule has 14 rings (SSSR count). The van der Waals surface area contributed by atoms with E-state index in [1.54, 1.807) is 0 Å². The number of hydrogen-bond donors (Lipinski definition) is 0. The minimum absolute atomic E-state index is 0.0146. The fraction of sp³-hybridized carbons (Fsp3) is 0.161. The molecule has 0 spiro atoms. The van der Waals surface area contributed by atoms with Gasteiger partial charge in [0.2, 0.25) is 0 Å². The summed E-state index contributed by atoms with van der Waals surface area (Å²) in [6.45, 7) is 22.9. The van der Waals surface area contributed by atoms with E-state index in [0.29, 0.717) is 11.3 Å². The number of fused-ring (bicyclic) bond motifs is 2. The van der Waals surface area contributed by atoms with Crippen molar-refractivity contribution in [1.29, 1.82) is 0 Å². The molecule has 0 N–H and O–H groups in total.